The highest BCUT2D eigenvalue weighted by Crippen LogP contribution is 2.46. The third kappa shape index (κ3) is 3.79. The maximum Gasteiger partial charge on any atom is 0.256 e. The molecular weight excluding hydrogens is 388 g/mol. The van der Waals surface area contributed by atoms with Gasteiger partial charge in [-0.1, -0.05) is 36.4 Å². The van der Waals surface area contributed by atoms with Gasteiger partial charge in [-0.3, -0.25) is 9.78 Å². The van der Waals surface area contributed by atoms with E-state index in [-0.39, 0.29) is 23.7 Å². The van der Waals surface area contributed by atoms with Crippen LogP contribution in [0, 0.1) is 0 Å². The lowest BCUT2D eigenvalue weighted by Crippen LogP contribution is -2.52. The third-order valence-electron chi connectivity index (χ3n) is 6.41. The van der Waals surface area contributed by atoms with Crippen molar-refractivity contribution in [2.24, 2.45) is 0 Å². The minimum absolute atomic E-state index is 0.0227. The first-order valence-electron chi connectivity index (χ1n) is 11.1. The van der Waals surface area contributed by atoms with E-state index in [4.69, 9.17) is 9.47 Å². The van der Waals surface area contributed by atoms with Gasteiger partial charge in [0.15, 0.2) is 0 Å². The number of piperidine rings is 1. The van der Waals surface area contributed by atoms with Gasteiger partial charge < -0.3 is 14.4 Å². The lowest BCUT2D eigenvalue weighted by Gasteiger charge is -2.47. The quantitative estimate of drug-likeness (QED) is 0.592. The second-order valence-electron chi connectivity index (χ2n) is 8.87. The zero-order chi connectivity index (χ0) is 21.4. The van der Waals surface area contributed by atoms with Crippen LogP contribution < -0.4 is 4.74 Å². The number of hydrogen-bond acceptors (Lipinski definition) is 4. The van der Waals surface area contributed by atoms with Crippen LogP contribution in [0.25, 0.3) is 10.9 Å². The number of fused-ring (bicyclic) bond motifs is 2. The Morgan fingerprint density at radius 1 is 1.10 bits per heavy atom. The van der Waals surface area contributed by atoms with Crippen molar-refractivity contribution in [2.75, 3.05) is 13.1 Å². The molecule has 2 aliphatic rings. The molecule has 1 atom stereocenters. The van der Waals surface area contributed by atoms with Gasteiger partial charge in [-0.05, 0) is 32.0 Å². The molecule has 3 heterocycles. The molecule has 0 saturated carbocycles. The van der Waals surface area contributed by atoms with E-state index in [2.05, 4.69) is 24.9 Å². The number of hydrogen-bond donors (Lipinski definition) is 0. The average molecular weight is 417 g/mol. The van der Waals surface area contributed by atoms with Crippen LogP contribution in [0.15, 0.2) is 60.8 Å². The van der Waals surface area contributed by atoms with Crippen molar-refractivity contribution in [1.82, 2.24) is 9.88 Å². The first-order valence-corrected chi connectivity index (χ1v) is 11.1. The van der Waals surface area contributed by atoms with Crippen LogP contribution in [0.1, 0.15) is 55.1 Å². The molecule has 2 aliphatic heterocycles. The lowest BCUT2D eigenvalue weighted by molar-refractivity contribution is -0.0872. The molecule has 160 valence electrons. The Balaban J connectivity index is 1.35. The smallest absolute Gasteiger partial charge is 0.256 e. The number of benzene rings is 2. The van der Waals surface area contributed by atoms with E-state index >= 15 is 0 Å². The number of aromatic nitrogens is 1. The number of carbonyl (C=O) groups excluding carboxylic acids is 1. The van der Waals surface area contributed by atoms with E-state index in [9.17, 15) is 4.79 Å². The van der Waals surface area contributed by atoms with Crippen LogP contribution >= 0.6 is 0 Å². The molecule has 0 unspecified atom stereocenters. The molecule has 1 fully saturated rings. The molecule has 1 spiro atoms. The second-order valence-corrected chi connectivity index (χ2v) is 8.87. The second kappa shape index (κ2) is 7.97. The lowest BCUT2D eigenvalue weighted by atomic mass is 9.81. The average Bonchev–Trinajstić information content (AvgIpc) is 2.78. The van der Waals surface area contributed by atoms with Gasteiger partial charge in [0.1, 0.15) is 11.4 Å². The fourth-order valence-corrected chi connectivity index (χ4v) is 4.88. The predicted molar refractivity (Wildman–Crippen MR) is 120 cm³/mol. The molecule has 0 radical (unpaired) electrons. The number of carbonyl (C=O) groups is 1. The number of nitrogens with zero attached hydrogens (tertiary/aromatic N) is 2. The van der Waals surface area contributed by atoms with Crippen molar-refractivity contribution in [3.63, 3.8) is 0 Å². The molecule has 1 saturated heterocycles. The van der Waals surface area contributed by atoms with Crippen molar-refractivity contribution < 1.29 is 14.3 Å². The number of rotatable bonds is 3. The molecule has 1 aromatic heterocycles. The van der Waals surface area contributed by atoms with Gasteiger partial charge in [0.2, 0.25) is 0 Å². The Labute approximate surface area is 183 Å². The zero-order valence-electron chi connectivity index (χ0n) is 18.1. The largest absolute Gasteiger partial charge is 0.487 e. The van der Waals surface area contributed by atoms with Gasteiger partial charge in [-0.15, -0.1) is 0 Å². The third-order valence-corrected chi connectivity index (χ3v) is 6.41. The first kappa shape index (κ1) is 20.0. The fourth-order valence-electron chi connectivity index (χ4n) is 4.88. The zero-order valence-corrected chi connectivity index (χ0v) is 18.1. The van der Waals surface area contributed by atoms with Gasteiger partial charge in [0.25, 0.3) is 5.91 Å². The molecule has 3 aromatic rings. The molecule has 5 nitrogen and oxygen atoms in total. The van der Waals surface area contributed by atoms with E-state index in [1.807, 2.05) is 53.4 Å². The minimum Gasteiger partial charge on any atom is -0.487 e. The van der Waals surface area contributed by atoms with Crippen molar-refractivity contribution >= 4 is 16.8 Å². The number of amides is 1. The van der Waals surface area contributed by atoms with E-state index in [1.165, 1.54) is 0 Å². The summed E-state index contributed by atoms with van der Waals surface area (Å²) in [4.78, 5) is 19.7. The molecule has 0 aliphatic carbocycles. The molecule has 31 heavy (non-hydrogen) atoms. The van der Waals surface area contributed by atoms with E-state index in [1.54, 1.807) is 6.20 Å². The molecular formula is C26H28N2O3. The molecule has 0 N–H and O–H groups in total. The van der Waals surface area contributed by atoms with Gasteiger partial charge in [-0.2, -0.15) is 0 Å². The van der Waals surface area contributed by atoms with Crippen molar-refractivity contribution in [3.05, 3.63) is 71.9 Å². The van der Waals surface area contributed by atoms with Gasteiger partial charge >= 0.3 is 0 Å². The Morgan fingerprint density at radius 2 is 1.87 bits per heavy atom. The normalized spacial score (nSPS) is 20.0. The van der Waals surface area contributed by atoms with E-state index in [0.29, 0.717) is 18.7 Å². The van der Waals surface area contributed by atoms with Crippen molar-refractivity contribution in [3.8, 4) is 5.75 Å². The predicted octanol–water partition coefficient (Wildman–Crippen LogP) is 5.16. The Kier molecular flexibility index (Phi) is 5.14. The topological polar surface area (TPSA) is 51.7 Å². The number of para-hydroxylation sites is 2. The summed E-state index contributed by atoms with van der Waals surface area (Å²) in [6, 6.07) is 17.9. The summed E-state index contributed by atoms with van der Waals surface area (Å²) in [5, 5.41) is 0.989. The summed E-state index contributed by atoms with van der Waals surface area (Å²) in [5.41, 5.74) is 2.28. The van der Waals surface area contributed by atoms with E-state index in [0.717, 1.165) is 41.5 Å². The molecule has 1 amide bonds. The summed E-state index contributed by atoms with van der Waals surface area (Å²) in [6.07, 6.45) is 4.32. The van der Waals surface area contributed by atoms with Gasteiger partial charge in [0, 0.05) is 49.5 Å². The fraction of sp³-hybridized carbons (Fsp3) is 0.385. The van der Waals surface area contributed by atoms with Crippen LogP contribution in [0.5, 0.6) is 5.75 Å². The highest BCUT2D eigenvalue weighted by molar-refractivity contribution is 6.05. The molecule has 5 heteroatoms. The first-order chi connectivity index (χ1) is 15.0. The van der Waals surface area contributed by atoms with Crippen LogP contribution in [-0.2, 0) is 4.74 Å². The Bertz CT molecular complexity index is 1100. The number of ether oxygens (including phenoxy) is 2. The monoisotopic (exact) mass is 416 g/mol. The molecule has 0 bridgehead atoms. The summed E-state index contributed by atoms with van der Waals surface area (Å²) in [6.45, 7) is 5.48. The maximum atomic E-state index is 13.3. The standard InChI is InChI=1S/C26H28N2O3/c1-18(2)30-23-17-26(31-22-11-4-3-9-20(22)23)12-15-28(16-13-26)25(29)21-10-5-7-19-8-6-14-27-24(19)21/h3-11,14,18,23H,12-13,15-17H2,1-2H3/t23-/m1/s1. The van der Waals surface area contributed by atoms with Crippen molar-refractivity contribution in [1.29, 1.82) is 0 Å². The maximum absolute atomic E-state index is 13.3. The molecule has 5 rings (SSSR count). The minimum atomic E-state index is -0.290. The van der Waals surface area contributed by atoms with Gasteiger partial charge in [0.05, 0.1) is 23.3 Å². The van der Waals surface area contributed by atoms with Gasteiger partial charge in [-0.25, -0.2) is 0 Å². The highest BCUT2D eigenvalue weighted by Gasteiger charge is 2.44. The summed E-state index contributed by atoms with van der Waals surface area (Å²) in [7, 11) is 0. The summed E-state index contributed by atoms with van der Waals surface area (Å²) < 4.78 is 12.8. The van der Waals surface area contributed by atoms with Crippen LogP contribution in [0.3, 0.4) is 0 Å². The van der Waals surface area contributed by atoms with Crippen molar-refractivity contribution in [2.45, 2.75) is 50.9 Å². The van der Waals surface area contributed by atoms with Crippen LogP contribution in [0.4, 0.5) is 0 Å². The van der Waals surface area contributed by atoms with Crippen LogP contribution in [-0.4, -0.2) is 40.6 Å². The number of pyridine rings is 1. The van der Waals surface area contributed by atoms with Crippen LogP contribution in [0.2, 0.25) is 0 Å². The Morgan fingerprint density at radius 3 is 2.68 bits per heavy atom. The van der Waals surface area contributed by atoms with E-state index < -0.39 is 0 Å². The molecule has 2 aromatic carbocycles. The Hall–Kier alpha value is -2.92. The summed E-state index contributed by atoms with van der Waals surface area (Å²) >= 11 is 0. The summed E-state index contributed by atoms with van der Waals surface area (Å²) in [5.74, 6) is 0.961. The highest BCUT2D eigenvalue weighted by atomic mass is 16.5. The SMILES string of the molecule is CC(C)O[C@@H]1CC2(CCN(C(=O)c3cccc4cccnc34)CC2)Oc2ccccc21. The number of likely N-dealkylation sites (tertiary alicyclic amines) is 1.